The number of aromatic nitrogens is 4. The molecule has 0 aromatic rings. The lowest BCUT2D eigenvalue weighted by Crippen LogP contribution is -2.18. The van der Waals surface area contributed by atoms with Gasteiger partial charge in [-0.2, -0.15) is 0 Å². The fourth-order valence-electron chi connectivity index (χ4n) is 3.25. The van der Waals surface area contributed by atoms with Crippen molar-refractivity contribution in [3.8, 4) is 11.5 Å². The second-order valence-electron chi connectivity index (χ2n) is 6.44. The monoisotopic (exact) mass is 321 g/mol. The Morgan fingerprint density at radius 2 is 1.95 bits per heavy atom. The lowest BCUT2D eigenvalue weighted by atomic mass is 10.2. The minimum atomic E-state index is 0. The molecule has 120 valence electrons. The third-order valence-corrected chi connectivity index (χ3v) is 4.58. The van der Waals surface area contributed by atoms with Crippen LogP contribution in [0.25, 0.3) is 11.5 Å². The predicted molar refractivity (Wildman–Crippen MR) is 89.8 cm³/mol. The number of imidazole rings is 1. The van der Waals surface area contributed by atoms with E-state index in [1.807, 2.05) is 6.33 Å². The summed E-state index contributed by atoms with van der Waals surface area (Å²) in [6.07, 6.45) is 10.6. The number of hydrogen-bond donors (Lipinski definition) is 1. The third-order valence-electron chi connectivity index (χ3n) is 4.58. The van der Waals surface area contributed by atoms with Crippen molar-refractivity contribution in [1.82, 2.24) is 19.5 Å². The first-order chi connectivity index (χ1) is 10.3. The zero-order valence-corrected chi connectivity index (χ0v) is 13.9. The third kappa shape index (κ3) is 2.91. The van der Waals surface area contributed by atoms with Gasteiger partial charge < -0.3 is 9.88 Å². The van der Waals surface area contributed by atoms with Crippen molar-refractivity contribution in [2.45, 2.75) is 70.4 Å². The molecule has 0 atom stereocenters. The first kappa shape index (κ1) is 15.5. The predicted octanol–water partition coefficient (Wildman–Crippen LogP) is 3.84. The van der Waals surface area contributed by atoms with Gasteiger partial charge in [-0.1, -0.05) is 19.8 Å². The van der Waals surface area contributed by atoms with Crippen molar-refractivity contribution < 1.29 is 0 Å². The summed E-state index contributed by atoms with van der Waals surface area (Å²) in [6, 6.07) is 0.559. The molecular formula is C16H24ClN5. The Morgan fingerprint density at radius 3 is 2.64 bits per heavy atom. The van der Waals surface area contributed by atoms with Gasteiger partial charge in [0.15, 0.2) is 17.3 Å². The quantitative estimate of drug-likeness (QED) is 0.909. The van der Waals surface area contributed by atoms with Crippen LogP contribution in [-0.2, 0) is 6.54 Å². The van der Waals surface area contributed by atoms with E-state index in [4.69, 9.17) is 9.97 Å². The Labute approximate surface area is 137 Å². The maximum absolute atomic E-state index is 4.80. The number of nitrogens with one attached hydrogen (secondary N) is 1. The van der Waals surface area contributed by atoms with Gasteiger partial charge in [0.2, 0.25) is 0 Å². The molecule has 0 aromatic heterocycles. The molecule has 0 bridgehead atoms. The largest absolute Gasteiger partial charge is 0.365 e. The van der Waals surface area contributed by atoms with E-state index in [9.17, 15) is 0 Å². The number of fused-ring (bicyclic) bond motifs is 1. The van der Waals surface area contributed by atoms with Gasteiger partial charge in [0, 0.05) is 18.5 Å². The van der Waals surface area contributed by atoms with Crippen molar-refractivity contribution in [1.29, 1.82) is 0 Å². The Bertz CT molecular complexity index is 601. The van der Waals surface area contributed by atoms with Gasteiger partial charge in [-0.15, -0.1) is 12.4 Å². The van der Waals surface area contributed by atoms with Crippen molar-refractivity contribution in [3.05, 3.63) is 12.2 Å². The van der Waals surface area contributed by atoms with Crippen LogP contribution in [0.5, 0.6) is 0 Å². The van der Waals surface area contributed by atoms with E-state index in [1.54, 1.807) is 0 Å². The molecule has 0 unspecified atom stereocenters. The number of nitrogens with zero attached hydrogens (tertiary/aromatic N) is 4. The van der Waals surface area contributed by atoms with Crippen molar-refractivity contribution >= 4 is 18.2 Å². The topological polar surface area (TPSA) is 55.6 Å². The molecule has 0 aromatic carbocycles. The van der Waals surface area contributed by atoms with Crippen LogP contribution in [0.4, 0.5) is 5.82 Å². The number of hydrogen-bond acceptors (Lipinski definition) is 4. The van der Waals surface area contributed by atoms with Crippen molar-refractivity contribution in [3.63, 3.8) is 0 Å². The minimum Gasteiger partial charge on any atom is -0.365 e. The molecule has 0 radical (unpaired) electrons. The van der Waals surface area contributed by atoms with Crippen LogP contribution in [0.15, 0.2) is 6.33 Å². The van der Waals surface area contributed by atoms with Gasteiger partial charge in [0.25, 0.3) is 0 Å². The Hall–Kier alpha value is -1.36. The highest BCUT2D eigenvalue weighted by Crippen LogP contribution is 2.41. The highest BCUT2D eigenvalue weighted by Gasteiger charge is 2.31. The van der Waals surface area contributed by atoms with Gasteiger partial charge in [0.1, 0.15) is 5.82 Å². The van der Waals surface area contributed by atoms with Crippen molar-refractivity contribution in [2.24, 2.45) is 0 Å². The summed E-state index contributed by atoms with van der Waals surface area (Å²) in [7, 11) is 0. The van der Waals surface area contributed by atoms with Gasteiger partial charge in [-0.25, -0.2) is 15.0 Å². The SMILES string of the molecule is CCCn1cnc(NC2CCCC2)c2nc(C3CC3)nc1-2.Cl. The fourth-order valence-corrected chi connectivity index (χ4v) is 3.25. The molecule has 2 fully saturated rings. The van der Waals surface area contributed by atoms with Crippen LogP contribution in [0.2, 0.25) is 0 Å². The summed E-state index contributed by atoms with van der Waals surface area (Å²) in [6.45, 7) is 3.14. The van der Waals surface area contributed by atoms with Crippen molar-refractivity contribution in [2.75, 3.05) is 5.32 Å². The van der Waals surface area contributed by atoms with Crippen LogP contribution in [0.3, 0.4) is 0 Å². The molecule has 4 aliphatic rings. The highest BCUT2D eigenvalue weighted by atomic mass is 35.5. The number of halogens is 1. The summed E-state index contributed by atoms with van der Waals surface area (Å²) in [5, 5.41) is 3.60. The molecular weight excluding hydrogens is 298 g/mol. The molecule has 0 amide bonds. The summed E-state index contributed by atoms with van der Waals surface area (Å²) in [4.78, 5) is 14.2. The van der Waals surface area contributed by atoms with E-state index in [-0.39, 0.29) is 12.4 Å². The second-order valence-corrected chi connectivity index (χ2v) is 6.44. The van der Waals surface area contributed by atoms with Crippen LogP contribution >= 0.6 is 12.4 Å². The van der Waals surface area contributed by atoms with Gasteiger partial charge in [-0.3, -0.25) is 0 Å². The van der Waals surface area contributed by atoms with Gasteiger partial charge in [0.05, 0.1) is 6.33 Å². The first-order valence-electron chi connectivity index (χ1n) is 8.34. The van der Waals surface area contributed by atoms with Gasteiger partial charge >= 0.3 is 0 Å². The number of aryl methyl sites for hydroxylation is 1. The van der Waals surface area contributed by atoms with E-state index < -0.39 is 0 Å². The Kier molecular flexibility index (Phi) is 4.52. The second kappa shape index (κ2) is 6.41. The highest BCUT2D eigenvalue weighted by molar-refractivity contribution is 5.85. The van der Waals surface area contributed by atoms with Crippen LogP contribution < -0.4 is 5.32 Å². The lowest BCUT2D eigenvalue weighted by Gasteiger charge is -2.16. The number of anilines is 1. The number of rotatable bonds is 5. The Balaban J connectivity index is 0.00000144. The molecule has 22 heavy (non-hydrogen) atoms. The molecule has 5 nitrogen and oxygen atoms in total. The molecule has 2 saturated carbocycles. The van der Waals surface area contributed by atoms with E-state index >= 15 is 0 Å². The maximum atomic E-state index is 4.80. The molecule has 6 heteroatoms. The molecule has 2 heterocycles. The van der Waals surface area contributed by atoms with Crippen LogP contribution in [0, 0.1) is 0 Å². The molecule has 0 spiro atoms. The smallest absolute Gasteiger partial charge is 0.165 e. The normalized spacial score (nSPS) is 18.6. The summed E-state index contributed by atoms with van der Waals surface area (Å²) in [5.41, 5.74) is 0.972. The average molecular weight is 322 g/mol. The van der Waals surface area contributed by atoms with Crippen LogP contribution in [0.1, 0.15) is 63.6 Å². The van der Waals surface area contributed by atoms with E-state index in [1.165, 1.54) is 38.5 Å². The Morgan fingerprint density at radius 1 is 1.18 bits per heavy atom. The lowest BCUT2D eigenvalue weighted by molar-refractivity contribution is 0.656. The fraction of sp³-hybridized carbons (Fsp3) is 0.688. The minimum absolute atomic E-state index is 0. The van der Waals surface area contributed by atoms with E-state index in [0.29, 0.717) is 12.0 Å². The van der Waals surface area contributed by atoms with Gasteiger partial charge in [-0.05, 0) is 32.1 Å². The molecule has 1 N–H and O–H groups in total. The summed E-state index contributed by atoms with van der Waals surface area (Å²) < 4.78 is 2.15. The summed E-state index contributed by atoms with van der Waals surface area (Å²) in [5.74, 6) is 3.56. The first-order valence-corrected chi connectivity index (χ1v) is 8.34. The zero-order chi connectivity index (χ0) is 14.2. The van der Waals surface area contributed by atoms with E-state index in [2.05, 4.69) is 21.8 Å². The molecule has 2 aliphatic heterocycles. The maximum Gasteiger partial charge on any atom is 0.165 e. The molecule has 2 aliphatic carbocycles. The van der Waals surface area contributed by atoms with Crippen LogP contribution in [-0.4, -0.2) is 25.6 Å². The van der Waals surface area contributed by atoms with E-state index in [0.717, 1.165) is 36.1 Å². The summed E-state index contributed by atoms with van der Waals surface area (Å²) >= 11 is 0. The molecule has 0 saturated heterocycles. The average Bonchev–Trinajstić information content (AvgIpc) is 3.03. The standard InChI is InChI=1S/C16H23N5.ClH/c1-2-9-21-10-17-15(18-12-5-3-4-6-12)13-16(21)20-14(19-13)11-7-8-11;/h10-12,18H,2-9H2,1H3;1H. The zero-order valence-electron chi connectivity index (χ0n) is 13.1. The molecule has 4 rings (SSSR count).